The zero-order valence-corrected chi connectivity index (χ0v) is 13.4. The lowest BCUT2D eigenvalue weighted by Crippen LogP contribution is -2.22. The standard InChI is InChI=1S/C18H17N3O3/c1-3-13-10-14(15-6-4-5-9-21(13)15)17(22)18(23)20-12-7-8-16(24-2)19-11-12/h4-11H,3H2,1-2H3,(H,20,23). The van der Waals surface area contributed by atoms with Crippen molar-refractivity contribution in [2.24, 2.45) is 0 Å². The molecule has 0 atom stereocenters. The molecule has 3 heterocycles. The molecule has 0 saturated carbocycles. The van der Waals surface area contributed by atoms with Crippen LogP contribution < -0.4 is 10.1 Å². The average molecular weight is 323 g/mol. The predicted molar refractivity (Wildman–Crippen MR) is 90.5 cm³/mol. The van der Waals surface area contributed by atoms with E-state index in [1.54, 1.807) is 18.2 Å². The van der Waals surface area contributed by atoms with Crippen molar-refractivity contribution in [3.8, 4) is 5.88 Å². The summed E-state index contributed by atoms with van der Waals surface area (Å²) in [5.41, 5.74) is 2.54. The largest absolute Gasteiger partial charge is 0.481 e. The van der Waals surface area contributed by atoms with Gasteiger partial charge in [-0.1, -0.05) is 13.0 Å². The first-order valence-corrected chi connectivity index (χ1v) is 7.58. The van der Waals surface area contributed by atoms with Crippen molar-refractivity contribution < 1.29 is 14.3 Å². The van der Waals surface area contributed by atoms with Gasteiger partial charge in [0.2, 0.25) is 5.88 Å². The lowest BCUT2D eigenvalue weighted by atomic mass is 10.1. The zero-order chi connectivity index (χ0) is 17.1. The number of nitrogens with zero attached hydrogens (tertiary/aromatic N) is 2. The third-order valence-corrected chi connectivity index (χ3v) is 3.77. The molecule has 3 rings (SSSR count). The Morgan fingerprint density at radius 3 is 2.75 bits per heavy atom. The van der Waals surface area contributed by atoms with Gasteiger partial charge in [-0.25, -0.2) is 4.98 Å². The Balaban J connectivity index is 1.87. The van der Waals surface area contributed by atoms with Crippen LogP contribution in [-0.4, -0.2) is 28.2 Å². The monoisotopic (exact) mass is 323 g/mol. The van der Waals surface area contributed by atoms with Crippen LogP contribution in [0.1, 0.15) is 23.0 Å². The second kappa shape index (κ2) is 6.54. The quantitative estimate of drug-likeness (QED) is 0.579. The summed E-state index contributed by atoms with van der Waals surface area (Å²) in [7, 11) is 1.51. The summed E-state index contributed by atoms with van der Waals surface area (Å²) in [5.74, 6) is -0.833. The van der Waals surface area contributed by atoms with Crippen molar-refractivity contribution in [3.05, 3.63) is 60.0 Å². The highest BCUT2D eigenvalue weighted by Gasteiger charge is 2.21. The normalized spacial score (nSPS) is 10.6. The van der Waals surface area contributed by atoms with Gasteiger partial charge in [-0.05, 0) is 30.7 Å². The van der Waals surface area contributed by atoms with Gasteiger partial charge in [-0.15, -0.1) is 0 Å². The minimum absolute atomic E-state index is 0.395. The number of ketones is 1. The number of hydrogen-bond donors (Lipinski definition) is 1. The number of pyridine rings is 2. The third-order valence-electron chi connectivity index (χ3n) is 3.77. The van der Waals surface area contributed by atoms with Crippen molar-refractivity contribution in [1.82, 2.24) is 9.38 Å². The number of methoxy groups -OCH3 is 1. The number of carbonyl (C=O) groups excluding carboxylic acids is 2. The molecule has 0 saturated heterocycles. The Labute approximate surface area is 139 Å². The minimum Gasteiger partial charge on any atom is -0.481 e. The Morgan fingerprint density at radius 1 is 1.25 bits per heavy atom. The lowest BCUT2D eigenvalue weighted by molar-refractivity contribution is -0.112. The van der Waals surface area contributed by atoms with Crippen molar-refractivity contribution in [2.75, 3.05) is 12.4 Å². The van der Waals surface area contributed by atoms with Crippen LogP contribution in [0.25, 0.3) is 5.52 Å². The van der Waals surface area contributed by atoms with Crippen molar-refractivity contribution >= 4 is 22.9 Å². The number of Topliss-reactive ketones (excluding diaryl/α,β-unsaturated/α-hetero) is 1. The first-order valence-electron chi connectivity index (χ1n) is 7.58. The highest BCUT2D eigenvalue weighted by Crippen LogP contribution is 2.19. The Kier molecular flexibility index (Phi) is 4.29. The van der Waals surface area contributed by atoms with Gasteiger partial charge in [0.1, 0.15) is 0 Å². The molecule has 24 heavy (non-hydrogen) atoms. The van der Waals surface area contributed by atoms with E-state index in [0.717, 1.165) is 17.6 Å². The number of rotatable bonds is 5. The van der Waals surface area contributed by atoms with E-state index in [2.05, 4.69) is 10.3 Å². The summed E-state index contributed by atoms with van der Waals surface area (Å²) in [4.78, 5) is 28.8. The molecule has 0 fully saturated rings. The first kappa shape index (κ1) is 15.7. The molecule has 3 aromatic heterocycles. The van der Waals surface area contributed by atoms with Crippen LogP contribution in [0.3, 0.4) is 0 Å². The van der Waals surface area contributed by atoms with Crippen LogP contribution in [0.2, 0.25) is 0 Å². The molecule has 0 aliphatic carbocycles. The Morgan fingerprint density at radius 2 is 2.08 bits per heavy atom. The second-order valence-corrected chi connectivity index (χ2v) is 5.23. The van der Waals surface area contributed by atoms with Crippen LogP contribution in [-0.2, 0) is 11.2 Å². The molecule has 0 bridgehead atoms. The maximum atomic E-state index is 12.5. The summed E-state index contributed by atoms with van der Waals surface area (Å²) in [6.07, 6.45) is 4.10. The fraction of sp³-hybridized carbons (Fsp3) is 0.167. The SMILES string of the molecule is CCc1cc(C(=O)C(=O)Nc2ccc(OC)nc2)c2ccccn12. The molecule has 0 aliphatic heterocycles. The second-order valence-electron chi connectivity index (χ2n) is 5.23. The first-order chi connectivity index (χ1) is 11.6. The number of ether oxygens (including phenoxy) is 1. The van der Waals surface area contributed by atoms with E-state index in [-0.39, 0.29) is 0 Å². The van der Waals surface area contributed by atoms with Crippen LogP contribution >= 0.6 is 0 Å². The summed E-state index contributed by atoms with van der Waals surface area (Å²) >= 11 is 0. The molecule has 6 nitrogen and oxygen atoms in total. The molecule has 1 N–H and O–H groups in total. The molecular formula is C18H17N3O3. The van der Waals surface area contributed by atoms with Crippen LogP contribution in [0, 0.1) is 0 Å². The van der Waals surface area contributed by atoms with E-state index in [1.807, 2.05) is 35.7 Å². The van der Waals surface area contributed by atoms with Crippen LogP contribution in [0.4, 0.5) is 5.69 Å². The topological polar surface area (TPSA) is 72.7 Å². The zero-order valence-electron chi connectivity index (χ0n) is 13.4. The van der Waals surface area contributed by atoms with E-state index < -0.39 is 11.7 Å². The number of anilines is 1. The summed E-state index contributed by atoms with van der Waals surface area (Å²) in [6.45, 7) is 2.01. The number of fused-ring (bicyclic) bond motifs is 1. The van der Waals surface area contributed by atoms with E-state index in [4.69, 9.17) is 4.74 Å². The van der Waals surface area contributed by atoms with Gasteiger partial charge in [0.25, 0.3) is 11.7 Å². The molecule has 0 aliphatic rings. The summed E-state index contributed by atoms with van der Waals surface area (Å²) in [5, 5.41) is 2.57. The van der Waals surface area contributed by atoms with Crippen LogP contribution in [0.5, 0.6) is 5.88 Å². The van der Waals surface area contributed by atoms with Gasteiger partial charge >= 0.3 is 0 Å². The fourth-order valence-electron chi connectivity index (χ4n) is 2.56. The Hall–Kier alpha value is -3.15. The van der Waals surface area contributed by atoms with E-state index >= 15 is 0 Å². The van der Waals surface area contributed by atoms with E-state index in [0.29, 0.717) is 17.1 Å². The predicted octanol–water partition coefficient (Wildman–Crippen LogP) is 2.73. The third kappa shape index (κ3) is 2.86. The number of aryl methyl sites for hydroxylation is 1. The molecule has 0 aromatic carbocycles. The van der Waals surface area contributed by atoms with Gasteiger partial charge in [-0.3, -0.25) is 9.59 Å². The van der Waals surface area contributed by atoms with E-state index in [1.165, 1.54) is 13.3 Å². The van der Waals surface area contributed by atoms with Gasteiger partial charge in [0.15, 0.2) is 0 Å². The number of nitrogens with one attached hydrogen (secondary N) is 1. The highest BCUT2D eigenvalue weighted by molar-refractivity contribution is 6.47. The van der Waals surface area contributed by atoms with Gasteiger partial charge in [0.05, 0.1) is 30.1 Å². The number of hydrogen-bond acceptors (Lipinski definition) is 4. The molecule has 1 amide bonds. The molecule has 6 heteroatoms. The molecule has 0 radical (unpaired) electrons. The average Bonchev–Trinajstić information content (AvgIpc) is 3.00. The van der Waals surface area contributed by atoms with Crippen LogP contribution in [0.15, 0.2) is 48.8 Å². The minimum atomic E-state index is -0.694. The maximum Gasteiger partial charge on any atom is 0.296 e. The van der Waals surface area contributed by atoms with Crippen molar-refractivity contribution in [3.63, 3.8) is 0 Å². The Bertz CT molecular complexity index is 898. The van der Waals surface area contributed by atoms with Crippen molar-refractivity contribution in [2.45, 2.75) is 13.3 Å². The van der Waals surface area contributed by atoms with Gasteiger partial charge < -0.3 is 14.5 Å². The van der Waals surface area contributed by atoms with Crippen molar-refractivity contribution in [1.29, 1.82) is 0 Å². The number of aromatic nitrogens is 2. The molecule has 0 spiro atoms. The van der Waals surface area contributed by atoms with Gasteiger partial charge in [-0.2, -0.15) is 0 Å². The molecular weight excluding hydrogens is 306 g/mol. The fourth-order valence-corrected chi connectivity index (χ4v) is 2.56. The van der Waals surface area contributed by atoms with E-state index in [9.17, 15) is 9.59 Å². The molecule has 122 valence electrons. The lowest BCUT2D eigenvalue weighted by Gasteiger charge is -2.05. The maximum absolute atomic E-state index is 12.5. The molecule has 3 aromatic rings. The number of amides is 1. The smallest absolute Gasteiger partial charge is 0.296 e. The molecule has 0 unspecified atom stereocenters. The summed E-state index contributed by atoms with van der Waals surface area (Å²) < 4.78 is 6.89. The highest BCUT2D eigenvalue weighted by atomic mass is 16.5. The van der Waals surface area contributed by atoms with Gasteiger partial charge in [0, 0.05) is 18.0 Å². The summed E-state index contributed by atoms with van der Waals surface area (Å²) in [6, 6.07) is 10.6. The number of carbonyl (C=O) groups is 2.